The van der Waals surface area contributed by atoms with Crippen LogP contribution in [-0.2, 0) is 20.0 Å². The molecule has 0 radical (unpaired) electrons. The summed E-state index contributed by atoms with van der Waals surface area (Å²) in [6, 6.07) is 20.7. The zero-order valence-electron chi connectivity index (χ0n) is 19.3. The Bertz CT molecular complexity index is 1260. The lowest BCUT2D eigenvalue weighted by Crippen LogP contribution is -2.28. The lowest BCUT2D eigenvalue weighted by molar-refractivity contribution is 0.229. The largest absolute Gasteiger partial charge is 0.508 e. The zero-order chi connectivity index (χ0) is 23.0. The van der Waals surface area contributed by atoms with Gasteiger partial charge in [0.25, 0.3) is 5.56 Å². The minimum atomic E-state index is -0.0192. The lowest BCUT2D eigenvalue weighted by atomic mass is 10.1. The van der Waals surface area contributed by atoms with E-state index in [0.717, 1.165) is 54.7 Å². The van der Waals surface area contributed by atoms with Gasteiger partial charge in [-0.1, -0.05) is 18.2 Å². The van der Waals surface area contributed by atoms with Gasteiger partial charge in [-0.05, 0) is 66.4 Å². The van der Waals surface area contributed by atoms with E-state index in [1.807, 2.05) is 54.7 Å². The Morgan fingerprint density at radius 1 is 1.00 bits per heavy atom. The molecule has 4 aromatic rings. The van der Waals surface area contributed by atoms with Crippen molar-refractivity contribution in [2.24, 2.45) is 7.05 Å². The van der Waals surface area contributed by atoms with Crippen LogP contribution in [0.15, 0.2) is 83.9 Å². The van der Waals surface area contributed by atoms with E-state index in [-0.39, 0.29) is 23.7 Å². The van der Waals surface area contributed by atoms with Gasteiger partial charge in [0.1, 0.15) is 11.5 Å². The summed E-state index contributed by atoms with van der Waals surface area (Å²) in [5.41, 5.74) is 3.17. The molecule has 2 aromatic carbocycles. The molecule has 178 valence electrons. The van der Waals surface area contributed by atoms with Crippen LogP contribution >= 0.6 is 12.4 Å². The minimum absolute atomic E-state index is 0. The number of halogens is 1. The first kappa shape index (κ1) is 25.3. The predicted molar refractivity (Wildman–Crippen MR) is 138 cm³/mol. The number of benzene rings is 2. The molecular formula is C27H30ClN3O3. The highest BCUT2D eigenvalue weighted by atomic mass is 35.5. The number of aryl methyl sites for hydroxylation is 1. The maximum atomic E-state index is 11.8. The number of fused-ring (bicyclic) bond motifs is 1. The average Bonchev–Trinajstić information content (AvgIpc) is 2.83. The normalized spacial score (nSPS) is 10.9. The van der Waals surface area contributed by atoms with Crippen molar-refractivity contribution in [1.82, 2.24) is 14.5 Å². The molecule has 0 aliphatic carbocycles. The molecule has 0 saturated carbocycles. The van der Waals surface area contributed by atoms with E-state index in [1.54, 1.807) is 29.9 Å². The van der Waals surface area contributed by atoms with Crippen LogP contribution in [0.5, 0.6) is 11.5 Å². The number of aromatic hydroxyl groups is 1. The SMILES string of the molecule is Cl.Cn1c(=O)ccc2cc(OCCCN(CCc3cccnc3)Cc3cccc(O)c3)ccc21. The number of pyridine rings is 2. The van der Waals surface area contributed by atoms with E-state index >= 15 is 0 Å². The number of hydrogen-bond acceptors (Lipinski definition) is 5. The quantitative estimate of drug-likeness (QED) is 0.337. The van der Waals surface area contributed by atoms with E-state index in [2.05, 4.69) is 16.0 Å². The van der Waals surface area contributed by atoms with Gasteiger partial charge >= 0.3 is 0 Å². The second-order valence-electron chi connectivity index (χ2n) is 8.21. The van der Waals surface area contributed by atoms with Crippen LogP contribution in [-0.4, -0.2) is 39.3 Å². The fraction of sp³-hybridized carbons (Fsp3) is 0.259. The van der Waals surface area contributed by atoms with E-state index in [4.69, 9.17) is 4.74 Å². The smallest absolute Gasteiger partial charge is 0.250 e. The van der Waals surface area contributed by atoms with Crippen molar-refractivity contribution in [3.63, 3.8) is 0 Å². The summed E-state index contributed by atoms with van der Waals surface area (Å²) < 4.78 is 7.64. The highest BCUT2D eigenvalue weighted by molar-refractivity contribution is 5.85. The summed E-state index contributed by atoms with van der Waals surface area (Å²) in [6.45, 7) is 3.13. The van der Waals surface area contributed by atoms with E-state index < -0.39 is 0 Å². The van der Waals surface area contributed by atoms with E-state index in [9.17, 15) is 9.90 Å². The zero-order valence-corrected chi connectivity index (χ0v) is 20.1. The molecule has 0 unspecified atom stereocenters. The van der Waals surface area contributed by atoms with Crippen molar-refractivity contribution >= 4 is 23.3 Å². The number of ether oxygens (including phenoxy) is 1. The van der Waals surface area contributed by atoms with Crippen LogP contribution in [0.3, 0.4) is 0 Å². The van der Waals surface area contributed by atoms with Crippen LogP contribution in [0.2, 0.25) is 0 Å². The van der Waals surface area contributed by atoms with Gasteiger partial charge in [-0.15, -0.1) is 12.4 Å². The number of nitrogens with zero attached hydrogens (tertiary/aromatic N) is 3. The minimum Gasteiger partial charge on any atom is -0.508 e. The first-order valence-corrected chi connectivity index (χ1v) is 11.2. The number of phenolic OH excluding ortho intramolecular Hbond substituents is 1. The Morgan fingerprint density at radius 2 is 1.85 bits per heavy atom. The van der Waals surface area contributed by atoms with Gasteiger partial charge in [-0.2, -0.15) is 0 Å². The molecule has 0 fully saturated rings. The number of aromatic nitrogens is 2. The summed E-state index contributed by atoms with van der Waals surface area (Å²) in [5.74, 6) is 1.09. The summed E-state index contributed by atoms with van der Waals surface area (Å²) in [4.78, 5) is 18.4. The van der Waals surface area contributed by atoms with Gasteiger partial charge in [0.2, 0.25) is 0 Å². The molecule has 4 rings (SSSR count). The molecule has 34 heavy (non-hydrogen) atoms. The van der Waals surface area contributed by atoms with Crippen LogP contribution in [0.25, 0.3) is 10.9 Å². The van der Waals surface area contributed by atoms with Gasteiger partial charge in [0, 0.05) is 50.5 Å². The summed E-state index contributed by atoms with van der Waals surface area (Å²) in [5, 5.41) is 10.8. The fourth-order valence-corrected chi connectivity index (χ4v) is 3.95. The third-order valence-corrected chi connectivity index (χ3v) is 5.74. The van der Waals surface area contributed by atoms with Crippen molar-refractivity contribution in [1.29, 1.82) is 0 Å². The molecule has 2 aromatic heterocycles. The molecule has 0 aliphatic heterocycles. The second kappa shape index (κ2) is 12.2. The van der Waals surface area contributed by atoms with Gasteiger partial charge in [0.15, 0.2) is 0 Å². The Morgan fingerprint density at radius 3 is 2.65 bits per heavy atom. The predicted octanol–water partition coefficient (Wildman–Crippen LogP) is 4.57. The van der Waals surface area contributed by atoms with Gasteiger partial charge in [-0.25, -0.2) is 0 Å². The van der Waals surface area contributed by atoms with Gasteiger partial charge < -0.3 is 14.4 Å². The monoisotopic (exact) mass is 479 g/mol. The van der Waals surface area contributed by atoms with Crippen molar-refractivity contribution in [2.45, 2.75) is 19.4 Å². The standard InChI is InChI=1S/C27H29N3O3.ClH/c1-29-26-10-9-25(18-23(26)8-11-27(29)32)33-16-4-14-30(15-12-21-6-3-13-28-19-21)20-22-5-2-7-24(31)17-22;/h2-3,5-11,13,17-19,31H,4,12,14-16,20H2,1H3;1H. The second-order valence-corrected chi connectivity index (χ2v) is 8.21. The first-order chi connectivity index (χ1) is 16.1. The maximum Gasteiger partial charge on any atom is 0.250 e. The molecule has 0 amide bonds. The lowest BCUT2D eigenvalue weighted by Gasteiger charge is -2.22. The molecule has 7 heteroatoms. The topological polar surface area (TPSA) is 67.6 Å². The van der Waals surface area contributed by atoms with E-state index in [1.165, 1.54) is 5.56 Å². The third kappa shape index (κ3) is 6.83. The van der Waals surface area contributed by atoms with Gasteiger partial charge in [0.05, 0.1) is 12.1 Å². The number of hydrogen-bond donors (Lipinski definition) is 1. The molecule has 2 heterocycles. The van der Waals surface area contributed by atoms with Crippen LogP contribution in [0.1, 0.15) is 17.5 Å². The van der Waals surface area contributed by atoms with Crippen LogP contribution < -0.4 is 10.3 Å². The number of rotatable bonds is 10. The average molecular weight is 480 g/mol. The van der Waals surface area contributed by atoms with Gasteiger partial charge in [-0.3, -0.25) is 14.7 Å². The molecule has 0 atom stereocenters. The van der Waals surface area contributed by atoms with Crippen LogP contribution in [0, 0.1) is 0 Å². The molecule has 6 nitrogen and oxygen atoms in total. The molecule has 0 saturated heterocycles. The van der Waals surface area contributed by atoms with Crippen molar-refractivity contribution in [2.75, 3.05) is 19.7 Å². The summed E-state index contributed by atoms with van der Waals surface area (Å²) in [7, 11) is 1.78. The molecular weight excluding hydrogens is 450 g/mol. The third-order valence-electron chi connectivity index (χ3n) is 5.74. The van der Waals surface area contributed by atoms with E-state index in [0.29, 0.717) is 6.61 Å². The summed E-state index contributed by atoms with van der Waals surface area (Å²) >= 11 is 0. The molecule has 0 spiro atoms. The van der Waals surface area contributed by atoms with Crippen molar-refractivity contribution in [3.05, 3.63) is 101 Å². The Kier molecular flexibility index (Phi) is 9.08. The fourth-order valence-electron chi connectivity index (χ4n) is 3.95. The Labute approximate surface area is 205 Å². The first-order valence-electron chi connectivity index (χ1n) is 11.2. The van der Waals surface area contributed by atoms with Crippen molar-refractivity contribution < 1.29 is 9.84 Å². The maximum absolute atomic E-state index is 11.8. The highest BCUT2D eigenvalue weighted by Crippen LogP contribution is 2.20. The van der Waals surface area contributed by atoms with Crippen LogP contribution in [0.4, 0.5) is 0 Å². The highest BCUT2D eigenvalue weighted by Gasteiger charge is 2.08. The summed E-state index contributed by atoms with van der Waals surface area (Å²) in [6.07, 6.45) is 5.48. The molecule has 1 N–H and O–H groups in total. The van der Waals surface area contributed by atoms with Crippen molar-refractivity contribution in [3.8, 4) is 11.5 Å². The Hall–Kier alpha value is -3.35. The molecule has 0 aliphatic rings. The Balaban J connectivity index is 0.00000324. The number of phenols is 1. The molecule has 0 bridgehead atoms.